The third-order valence-corrected chi connectivity index (χ3v) is 4.94. The van der Waals surface area contributed by atoms with E-state index in [1.165, 1.54) is 0 Å². The van der Waals surface area contributed by atoms with Gasteiger partial charge >= 0.3 is 0 Å². The fourth-order valence-corrected chi connectivity index (χ4v) is 3.62. The smallest absolute Gasteiger partial charge is 0.255 e. The van der Waals surface area contributed by atoms with E-state index in [9.17, 15) is 4.79 Å². The second-order valence-corrected chi connectivity index (χ2v) is 7.29. The Morgan fingerprint density at radius 2 is 1.60 bits per heavy atom. The van der Waals surface area contributed by atoms with Gasteiger partial charge in [-0.05, 0) is 61.1 Å². The average Bonchev–Trinajstić information content (AvgIpc) is 2.75. The molecule has 3 aromatic rings. The average molecular weight is 416 g/mol. The van der Waals surface area contributed by atoms with Crippen LogP contribution in [0.1, 0.15) is 18.5 Å². The quantitative estimate of drug-likeness (QED) is 0.517. The van der Waals surface area contributed by atoms with Gasteiger partial charge in [0.1, 0.15) is 11.5 Å². The minimum atomic E-state index is -0.401. The third-order valence-electron chi connectivity index (χ3n) is 4.72. The van der Waals surface area contributed by atoms with Crippen molar-refractivity contribution in [1.29, 1.82) is 0 Å². The van der Waals surface area contributed by atoms with Crippen LogP contribution in [0.25, 0.3) is 0 Å². The fraction of sp³-hybridized carbons (Fsp3) is 0.0833. The summed E-state index contributed by atoms with van der Waals surface area (Å²) in [5.41, 5.74) is 2.90. The number of hydrogen-bond acceptors (Lipinski definition) is 3. The monoisotopic (exact) mass is 415 g/mol. The molecule has 5 nitrogen and oxygen atoms in total. The summed E-state index contributed by atoms with van der Waals surface area (Å²) in [6.45, 7) is 1.85. The van der Waals surface area contributed by atoms with E-state index in [0.717, 1.165) is 17.0 Å². The Bertz CT molecular complexity index is 1100. The lowest BCUT2D eigenvalue weighted by Crippen LogP contribution is -2.45. The van der Waals surface area contributed by atoms with Crippen molar-refractivity contribution in [2.75, 3.05) is 5.32 Å². The van der Waals surface area contributed by atoms with E-state index >= 15 is 0 Å². The van der Waals surface area contributed by atoms with E-state index in [1.807, 2.05) is 91.9 Å². The Hall–Kier alpha value is -3.64. The molecule has 0 saturated heterocycles. The summed E-state index contributed by atoms with van der Waals surface area (Å²) in [4.78, 5) is 13.1. The molecule has 30 heavy (non-hydrogen) atoms. The number of benzene rings is 3. The summed E-state index contributed by atoms with van der Waals surface area (Å²) in [5.74, 6) is 1.24. The van der Waals surface area contributed by atoms with Gasteiger partial charge in [-0.25, -0.2) is 0 Å². The Kier molecular flexibility index (Phi) is 5.77. The van der Waals surface area contributed by atoms with Crippen LogP contribution in [-0.2, 0) is 4.79 Å². The topological polar surface area (TPSA) is 62.4 Å². The molecule has 6 heteroatoms. The van der Waals surface area contributed by atoms with Crippen molar-refractivity contribution in [3.05, 3.63) is 102 Å². The molecule has 1 unspecified atom stereocenters. The third kappa shape index (κ3) is 4.50. The van der Waals surface area contributed by atoms with Crippen LogP contribution in [0.2, 0.25) is 0 Å². The van der Waals surface area contributed by atoms with Crippen molar-refractivity contribution >= 4 is 28.9 Å². The fourth-order valence-electron chi connectivity index (χ4n) is 3.35. The molecule has 0 bridgehead atoms. The molecule has 1 atom stereocenters. The van der Waals surface area contributed by atoms with Crippen LogP contribution in [0.15, 0.2) is 96.2 Å². The number of nitrogens with one attached hydrogen (secondary N) is 3. The summed E-state index contributed by atoms with van der Waals surface area (Å²) >= 11 is 5.35. The van der Waals surface area contributed by atoms with Crippen molar-refractivity contribution in [2.45, 2.75) is 13.0 Å². The van der Waals surface area contributed by atoms with Crippen molar-refractivity contribution in [1.82, 2.24) is 10.6 Å². The van der Waals surface area contributed by atoms with Crippen LogP contribution in [-0.4, -0.2) is 11.0 Å². The van der Waals surface area contributed by atoms with E-state index < -0.39 is 6.04 Å². The molecule has 4 rings (SSSR count). The van der Waals surface area contributed by atoms with Crippen LogP contribution in [0.5, 0.6) is 11.5 Å². The van der Waals surface area contributed by atoms with Gasteiger partial charge in [-0.15, -0.1) is 0 Å². The molecule has 3 N–H and O–H groups in total. The molecule has 0 radical (unpaired) electrons. The van der Waals surface area contributed by atoms with E-state index in [4.69, 9.17) is 17.0 Å². The molecular weight excluding hydrogens is 394 g/mol. The van der Waals surface area contributed by atoms with Crippen molar-refractivity contribution in [3.63, 3.8) is 0 Å². The zero-order valence-corrected chi connectivity index (χ0v) is 17.2. The summed E-state index contributed by atoms with van der Waals surface area (Å²) in [6.07, 6.45) is 0. The zero-order valence-electron chi connectivity index (χ0n) is 16.4. The predicted octanol–water partition coefficient (Wildman–Crippen LogP) is 4.91. The first-order chi connectivity index (χ1) is 14.6. The minimum Gasteiger partial charge on any atom is -0.457 e. The maximum atomic E-state index is 13.1. The molecule has 3 aromatic carbocycles. The van der Waals surface area contributed by atoms with Crippen LogP contribution < -0.4 is 20.7 Å². The molecule has 150 valence electrons. The number of thiocarbonyl (C=S) groups is 1. The highest BCUT2D eigenvalue weighted by Crippen LogP contribution is 2.31. The number of carbonyl (C=O) groups is 1. The van der Waals surface area contributed by atoms with Crippen molar-refractivity contribution in [2.24, 2.45) is 0 Å². The Labute approximate surface area is 180 Å². The normalized spacial score (nSPS) is 15.8. The number of carbonyl (C=O) groups excluding carboxylic acids is 1. The van der Waals surface area contributed by atoms with Gasteiger partial charge in [0.05, 0.1) is 11.6 Å². The largest absolute Gasteiger partial charge is 0.457 e. The van der Waals surface area contributed by atoms with Gasteiger partial charge in [-0.2, -0.15) is 0 Å². The number of anilines is 1. The Morgan fingerprint density at radius 3 is 2.33 bits per heavy atom. The maximum Gasteiger partial charge on any atom is 0.255 e. The molecule has 0 fully saturated rings. The highest BCUT2D eigenvalue weighted by atomic mass is 32.1. The predicted molar refractivity (Wildman–Crippen MR) is 122 cm³/mol. The number of hydrogen-bond donors (Lipinski definition) is 3. The molecule has 0 saturated carbocycles. The van der Waals surface area contributed by atoms with E-state index in [2.05, 4.69) is 16.0 Å². The number of para-hydroxylation sites is 2. The van der Waals surface area contributed by atoms with Crippen LogP contribution in [0.3, 0.4) is 0 Å². The highest BCUT2D eigenvalue weighted by molar-refractivity contribution is 7.80. The second kappa shape index (κ2) is 8.80. The molecule has 1 heterocycles. The van der Waals surface area contributed by atoms with Gasteiger partial charge < -0.3 is 20.7 Å². The van der Waals surface area contributed by atoms with Gasteiger partial charge in [0.15, 0.2) is 5.11 Å². The first kappa shape index (κ1) is 19.7. The Morgan fingerprint density at radius 1 is 0.933 bits per heavy atom. The van der Waals surface area contributed by atoms with E-state index in [1.54, 1.807) is 0 Å². The van der Waals surface area contributed by atoms with Crippen LogP contribution >= 0.6 is 12.2 Å². The van der Waals surface area contributed by atoms with Crippen molar-refractivity contribution < 1.29 is 9.53 Å². The van der Waals surface area contributed by atoms with E-state index in [0.29, 0.717) is 22.1 Å². The molecule has 0 aliphatic carbocycles. The van der Waals surface area contributed by atoms with Gasteiger partial charge in [0, 0.05) is 11.4 Å². The van der Waals surface area contributed by atoms with Gasteiger partial charge in [-0.3, -0.25) is 4.79 Å². The van der Waals surface area contributed by atoms with Crippen molar-refractivity contribution in [3.8, 4) is 11.5 Å². The van der Waals surface area contributed by atoms with Crippen LogP contribution in [0.4, 0.5) is 5.69 Å². The minimum absolute atomic E-state index is 0.194. The molecule has 1 aliphatic rings. The Balaban J connectivity index is 1.64. The lowest BCUT2D eigenvalue weighted by Gasteiger charge is -2.30. The molecule has 1 amide bonds. The lowest BCUT2D eigenvalue weighted by molar-refractivity contribution is -0.113. The molecule has 0 aromatic heterocycles. The molecule has 1 aliphatic heterocycles. The zero-order chi connectivity index (χ0) is 20.9. The van der Waals surface area contributed by atoms with Gasteiger partial charge in [0.25, 0.3) is 5.91 Å². The second-order valence-electron chi connectivity index (χ2n) is 6.88. The maximum absolute atomic E-state index is 13.1. The SMILES string of the molecule is CC1=C(C(=O)Nc2ccccc2)C(c2cccc(Oc3ccccc3)c2)NC(=S)N1. The van der Waals surface area contributed by atoms with Gasteiger partial charge in [0.2, 0.25) is 0 Å². The van der Waals surface area contributed by atoms with Gasteiger partial charge in [-0.1, -0.05) is 48.5 Å². The summed E-state index contributed by atoms with van der Waals surface area (Å²) in [7, 11) is 0. The first-order valence-corrected chi connectivity index (χ1v) is 9.98. The number of allylic oxidation sites excluding steroid dienone is 1. The first-order valence-electron chi connectivity index (χ1n) is 9.58. The molecule has 0 spiro atoms. The highest BCUT2D eigenvalue weighted by Gasteiger charge is 2.30. The summed E-state index contributed by atoms with van der Waals surface area (Å²) in [6, 6.07) is 26.2. The summed E-state index contributed by atoms with van der Waals surface area (Å²) in [5, 5.41) is 9.71. The number of ether oxygens (including phenoxy) is 1. The lowest BCUT2D eigenvalue weighted by atomic mass is 9.94. The number of rotatable bonds is 5. The standard InChI is InChI=1S/C24H21N3O2S/c1-16-21(23(28)26-18-10-4-2-5-11-18)22(27-24(30)25-16)17-9-8-14-20(15-17)29-19-12-6-3-7-13-19/h2-15,22H,1H3,(H,26,28)(H2,25,27,30). The van der Waals surface area contributed by atoms with Crippen LogP contribution in [0, 0.1) is 0 Å². The van der Waals surface area contributed by atoms with E-state index in [-0.39, 0.29) is 5.91 Å². The summed E-state index contributed by atoms with van der Waals surface area (Å²) < 4.78 is 5.96. The number of amides is 1. The molecular formula is C24H21N3O2S.